The Morgan fingerprint density at radius 2 is 1.63 bits per heavy atom. The van der Waals surface area contributed by atoms with Crippen molar-refractivity contribution in [3.05, 3.63) is 0 Å². The largest absolute Gasteiger partial charge is 0.300 e. The van der Waals surface area contributed by atoms with Crippen molar-refractivity contribution < 1.29 is 0 Å². The van der Waals surface area contributed by atoms with Crippen LogP contribution in [0.1, 0.15) is 70.6 Å². The highest BCUT2D eigenvalue weighted by atomic mass is 79.9. The number of alkyl halides is 1. The zero-order valence-electron chi connectivity index (χ0n) is 12.4. The Bertz CT molecular complexity index is 283. The van der Waals surface area contributed by atoms with Crippen molar-refractivity contribution in [2.24, 2.45) is 11.3 Å². The molecule has 3 rings (SSSR count). The van der Waals surface area contributed by atoms with Crippen molar-refractivity contribution in [3.63, 3.8) is 0 Å². The summed E-state index contributed by atoms with van der Waals surface area (Å²) in [6.45, 7) is 2.77. The van der Waals surface area contributed by atoms with E-state index in [4.69, 9.17) is 0 Å². The average Bonchev–Trinajstić information content (AvgIpc) is 2.49. The predicted octanol–water partition coefficient (Wildman–Crippen LogP) is 4.99. The quantitative estimate of drug-likeness (QED) is 0.660. The summed E-state index contributed by atoms with van der Waals surface area (Å²) in [7, 11) is 0. The normalized spacial score (nSPS) is 35.8. The summed E-state index contributed by atoms with van der Waals surface area (Å²) in [5.74, 6) is 1.04. The van der Waals surface area contributed by atoms with E-state index in [2.05, 4.69) is 20.8 Å². The molecule has 1 nitrogen and oxygen atoms in total. The molecule has 2 heteroatoms. The Morgan fingerprint density at radius 1 is 0.895 bits per heavy atom. The number of hydrogen-bond acceptors (Lipinski definition) is 1. The molecule has 0 aromatic heterocycles. The molecule has 0 amide bonds. The van der Waals surface area contributed by atoms with E-state index >= 15 is 0 Å². The third kappa shape index (κ3) is 3.20. The van der Waals surface area contributed by atoms with Gasteiger partial charge >= 0.3 is 0 Å². The molecule has 2 unspecified atom stereocenters. The molecule has 1 heterocycles. The minimum absolute atomic E-state index is 0.609. The van der Waals surface area contributed by atoms with Gasteiger partial charge in [0.1, 0.15) is 0 Å². The maximum Gasteiger partial charge on any atom is 0.0124 e. The van der Waals surface area contributed by atoms with Gasteiger partial charge in [0, 0.05) is 17.9 Å². The molecule has 1 aliphatic heterocycles. The Balaban J connectivity index is 1.66. The van der Waals surface area contributed by atoms with Crippen molar-refractivity contribution in [2.75, 3.05) is 18.4 Å². The van der Waals surface area contributed by atoms with Gasteiger partial charge in [0.05, 0.1) is 0 Å². The van der Waals surface area contributed by atoms with Crippen LogP contribution in [0, 0.1) is 11.3 Å². The van der Waals surface area contributed by atoms with E-state index in [1.807, 2.05) is 0 Å². The molecule has 2 atom stereocenters. The van der Waals surface area contributed by atoms with Crippen molar-refractivity contribution in [1.29, 1.82) is 0 Å². The van der Waals surface area contributed by atoms with Crippen LogP contribution in [0.5, 0.6) is 0 Å². The topological polar surface area (TPSA) is 3.24 Å². The van der Waals surface area contributed by atoms with E-state index < -0.39 is 0 Å². The number of halogens is 1. The van der Waals surface area contributed by atoms with Crippen LogP contribution < -0.4 is 0 Å². The van der Waals surface area contributed by atoms with Crippen LogP contribution >= 0.6 is 15.9 Å². The lowest BCUT2D eigenvalue weighted by Crippen LogP contribution is -2.51. The molecule has 0 bridgehead atoms. The minimum Gasteiger partial charge on any atom is -0.300 e. The molecule has 0 radical (unpaired) electrons. The molecule has 2 saturated carbocycles. The van der Waals surface area contributed by atoms with Crippen LogP contribution in [0.2, 0.25) is 0 Å². The summed E-state index contributed by atoms with van der Waals surface area (Å²) in [5, 5.41) is 1.23. The monoisotopic (exact) mass is 327 g/mol. The summed E-state index contributed by atoms with van der Waals surface area (Å²) in [6.07, 6.45) is 16.3. The molecule has 3 aliphatic rings. The van der Waals surface area contributed by atoms with E-state index in [0.29, 0.717) is 5.41 Å². The smallest absolute Gasteiger partial charge is 0.0124 e. The zero-order valence-corrected chi connectivity index (χ0v) is 14.0. The van der Waals surface area contributed by atoms with Crippen LogP contribution in [-0.4, -0.2) is 29.4 Å². The number of nitrogens with zero attached hydrogens (tertiary/aromatic N) is 1. The molecule has 110 valence electrons. The number of likely N-dealkylation sites (tertiary alicyclic amines) is 1. The maximum atomic E-state index is 3.86. The number of piperidine rings is 1. The Labute approximate surface area is 127 Å². The zero-order chi connectivity index (χ0) is 13.1. The first-order chi connectivity index (χ1) is 9.33. The highest BCUT2D eigenvalue weighted by molar-refractivity contribution is 9.09. The summed E-state index contributed by atoms with van der Waals surface area (Å²) in [6, 6.07) is 0.945. The van der Waals surface area contributed by atoms with Gasteiger partial charge < -0.3 is 0 Å². The fourth-order valence-electron chi connectivity index (χ4n) is 4.99. The predicted molar refractivity (Wildman–Crippen MR) is 85.9 cm³/mol. The van der Waals surface area contributed by atoms with Crippen LogP contribution in [0.25, 0.3) is 0 Å². The molecule has 3 fully saturated rings. The van der Waals surface area contributed by atoms with Crippen LogP contribution in [0.4, 0.5) is 0 Å². The Kier molecular flexibility index (Phi) is 4.90. The first-order valence-corrected chi connectivity index (χ1v) is 9.75. The summed E-state index contributed by atoms with van der Waals surface area (Å²) in [5.41, 5.74) is 0.609. The van der Waals surface area contributed by atoms with Crippen molar-refractivity contribution in [2.45, 2.75) is 76.7 Å². The molecule has 0 aromatic rings. The van der Waals surface area contributed by atoms with Gasteiger partial charge in [0.25, 0.3) is 0 Å². The van der Waals surface area contributed by atoms with Gasteiger partial charge in [-0.1, -0.05) is 48.0 Å². The fraction of sp³-hybridized carbons (Fsp3) is 1.00. The standard InChI is InChI=1S/C17H30BrN/c18-13-17(10-4-1-5-11-17)14-19-12-6-8-15-7-2-3-9-16(15)19/h15-16H,1-14H2. The average molecular weight is 328 g/mol. The van der Waals surface area contributed by atoms with Gasteiger partial charge in [0.2, 0.25) is 0 Å². The van der Waals surface area contributed by atoms with E-state index in [9.17, 15) is 0 Å². The van der Waals surface area contributed by atoms with Crippen LogP contribution in [0.3, 0.4) is 0 Å². The van der Waals surface area contributed by atoms with Gasteiger partial charge in [-0.2, -0.15) is 0 Å². The van der Waals surface area contributed by atoms with Crippen molar-refractivity contribution in [1.82, 2.24) is 4.90 Å². The fourth-order valence-corrected chi connectivity index (χ4v) is 5.73. The first-order valence-electron chi connectivity index (χ1n) is 8.63. The molecule has 2 aliphatic carbocycles. The van der Waals surface area contributed by atoms with Gasteiger partial charge in [-0.3, -0.25) is 4.90 Å². The SMILES string of the molecule is BrCC1(CN2CCCC3CCCCC32)CCCCC1. The molecular formula is C17H30BrN. The number of fused-ring (bicyclic) bond motifs is 1. The molecular weight excluding hydrogens is 298 g/mol. The van der Waals surface area contributed by atoms with E-state index in [1.54, 1.807) is 0 Å². The Morgan fingerprint density at radius 3 is 2.42 bits per heavy atom. The lowest BCUT2D eigenvalue weighted by Gasteiger charge is -2.49. The summed E-state index contributed by atoms with van der Waals surface area (Å²) >= 11 is 3.86. The van der Waals surface area contributed by atoms with Gasteiger partial charge in [-0.15, -0.1) is 0 Å². The first kappa shape index (κ1) is 14.4. The van der Waals surface area contributed by atoms with Crippen molar-refractivity contribution >= 4 is 15.9 Å². The van der Waals surface area contributed by atoms with E-state index in [0.717, 1.165) is 12.0 Å². The lowest BCUT2D eigenvalue weighted by molar-refractivity contribution is 0.0188. The summed E-state index contributed by atoms with van der Waals surface area (Å²) < 4.78 is 0. The van der Waals surface area contributed by atoms with Gasteiger partial charge in [-0.05, 0) is 56.4 Å². The lowest BCUT2D eigenvalue weighted by atomic mass is 9.73. The van der Waals surface area contributed by atoms with E-state index in [-0.39, 0.29) is 0 Å². The minimum atomic E-state index is 0.609. The second-order valence-corrected chi connectivity index (χ2v) is 7.98. The second-order valence-electron chi connectivity index (χ2n) is 7.42. The summed E-state index contributed by atoms with van der Waals surface area (Å²) in [4.78, 5) is 2.92. The molecule has 0 spiro atoms. The third-order valence-corrected chi connectivity index (χ3v) is 7.28. The van der Waals surface area contributed by atoms with Gasteiger partial charge in [-0.25, -0.2) is 0 Å². The molecule has 19 heavy (non-hydrogen) atoms. The molecule has 0 N–H and O–H groups in total. The maximum absolute atomic E-state index is 3.86. The Hall–Kier alpha value is 0.440. The van der Waals surface area contributed by atoms with Crippen LogP contribution in [-0.2, 0) is 0 Å². The number of rotatable bonds is 3. The van der Waals surface area contributed by atoms with E-state index in [1.165, 1.54) is 89.0 Å². The third-order valence-electron chi connectivity index (χ3n) is 6.09. The highest BCUT2D eigenvalue weighted by Crippen LogP contribution is 2.42. The molecule has 0 aromatic carbocycles. The number of hydrogen-bond donors (Lipinski definition) is 0. The second kappa shape index (κ2) is 6.47. The van der Waals surface area contributed by atoms with Gasteiger partial charge in [0.15, 0.2) is 0 Å². The van der Waals surface area contributed by atoms with Crippen LogP contribution in [0.15, 0.2) is 0 Å². The highest BCUT2D eigenvalue weighted by Gasteiger charge is 2.39. The van der Waals surface area contributed by atoms with Crippen molar-refractivity contribution in [3.8, 4) is 0 Å². The molecule has 1 saturated heterocycles.